The molecule has 1 aliphatic rings. The maximum atomic E-state index is 7.51. The van der Waals surface area contributed by atoms with E-state index < -0.39 is 0 Å². The number of halogens is 1. The van der Waals surface area contributed by atoms with Crippen LogP contribution in [0.1, 0.15) is 31.2 Å². The second-order valence-electron chi connectivity index (χ2n) is 5.19. The fraction of sp³-hybridized carbons (Fsp3) is 0.692. The lowest BCUT2D eigenvalue weighted by Gasteiger charge is -2.31. The standard InChI is InChI=1S/C13H22BrN5/c1-3-10-12(14)11(18(2)17-10)8-19-6-4-9(5-7-19)13(15)16/h9H,3-8H2,1-2H3,(H3,15,16). The normalized spacial score (nSPS) is 17.8. The maximum Gasteiger partial charge on any atom is 0.0937 e. The lowest BCUT2D eigenvalue weighted by molar-refractivity contribution is 0.196. The second-order valence-corrected chi connectivity index (χ2v) is 5.98. The van der Waals surface area contributed by atoms with Gasteiger partial charge in [-0.3, -0.25) is 15.0 Å². The minimum absolute atomic E-state index is 0.275. The predicted octanol–water partition coefficient (Wildman–Crippen LogP) is 1.89. The van der Waals surface area contributed by atoms with E-state index in [0.29, 0.717) is 5.84 Å². The van der Waals surface area contributed by atoms with Crippen LogP contribution in [0.25, 0.3) is 0 Å². The van der Waals surface area contributed by atoms with Crippen LogP contribution in [0, 0.1) is 11.3 Å². The minimum atomic E-state index is 0.275. The Labute approximate surface area is 122 Å². The summed E-state index contributed by atoms with van der Waals surface area (Å²) < 4.78 is 3.12. The number of nitrogens with one attached hydrogen (secondary N) is 1. The van der Waals surface area contributed by atoms with Crippen LogP contribution in [-0.4, -0.2) is 33.6 Å². The Balaban J connectivity index is 1.99. The van der Waals surface area contributed by atoms with Crippen molar-refractivity contribution in [1.82, 2.24) is 14.7 Å². The van der Waals surface area contributed by atoms with Crippen LogP contribution < -0.4 is 5.73 Å². The summed E-state index contributed by atoms with van der Waals surface area (Å²) >= 11 is 3.66. The van der Waals surface area contributed by atoms with E-state index in [2.05, 4.69) is 32.9 Å². The molecule has 0 aliphatic carbocycles. The van der Waals surface area contributed by atoms with Crippen LogP contribution in [0.2, 0.25) is 0 Å². The molecule has 1 aliphatic heterocycles. The Hall–Kier alpha value is -0.880. The van der Waals surface area contributed by atoms with Gasteiger partial charge in [-0.1, -0.05) is 6.92 Å². The van der Waals surface area contributed by atoms with E-state index >= 15 is 0 Å². The van der Waals surface area contributed by atoms with Gasteiger partial charge < -0.3 is 5.73 Å². The van der Waals surface area contributed by atoms with Gasteiger partial charge in [0, 0.05) is 19.5 Å². The van der Waals surface area contributed by atoms with E-state index in [1.165, 1.54) is 5.69 Å². The van der Waals surface area contributed by atoms with Gasteiger partial charge in [-0.25, -0.2) is 0 Å². The topological polar surface area (TPSA) is 70.9 Å². The number of amidine groups is 1. The molecule has 0 saturated carbocycles. The predicted molar refractivity (Wildman–Crippen MR) is 80.2 cm³/mol. The molecule has 0 spiro atoms. The molecule has 2 heterocycles. The number of piperidine rings is 1. The van der Waals surface area contributed by atoms with E-state index in [1.807, 2.05) is 11.7 Å². The highest BCUT2D eigenvalue weighted by molar-refractivity contribution is 9.10. The van der Waals surface area contributed by atoms with Crippen LogP contribution >= 0.6 is 15.9 Å². The van der Waals surface area contributed by atoms with Gasteiger partial charge in [0.2, 0.25) is 0 Å². The summed E-state index contributed by atoms with van der Waals surface area (Å²) in [4.78, 5) is 2.42. The summed E-state index contributed by atoms with van der Waals surface area (Å²) in [6, 6.07) is 0. The van der Waals surface area contributed by atoms with E-state index in [-0.39, 0.29) is 5.92 Å². The summed E-state index contributed by atoms with van der Waals surface area (Å²) in [5, 5.41) is 12.0. The lowest BCUT2D eigenvalue weighted by Crippen LogP contribution is -2.38. The first-order chi connectivity index (χ1) is 9.02. The first-order valence-corrected chi connectivity index (χ1v) is 7.58. The second kappa shape index (κ2) is 6.05. The molecule has 5 nitrogen and oxygen atoms in total. The molecule has 0 radical (unpaired) electrons. The Morgan fingerprint density at radius 1 is 1.47 bits per heavy atom. The Morgan fingerprint density at radius 3 is 2.58 bits per heavy atom. The van der Waals surface area contributed by atoms with E-state index in [9.17, 15) is 0 Å². The smallest absolute Gasteiger partial charge is 0.0937 e. The van der Waals surface area contributed by atoms with E-state index in [1.54, 1.807) is 0 Å². The molecule has 19 heavy (non-hydrogen) atoms. The highest BCUT2D eigenvalue weighted by Gasteiger charge is 2.23. The third kappa shape index (κ3) is 3.17. The molecule has 1 fully saturated rings. The fourth-order valence-electron chi connectivity index (χ4n) is 2.61. The quantitative estimate of drug-likeness (QED) is 0.655. The van der Waals surface area contributed by atoms with Gasteiger partial charge in [0.25, 0.3) is 0 Å². The molecular formula is C13H22BrN5. The molecule has 0 unspecified atom stereocenters. The number of nitrogens with zero attached hydrogens (tertiary/aromatic N) is 3. The zero-order chi connectivity index (χ0) is 14.0. The molecule has 106 valence electrons. The first-order valence-electron chi connectivity index (χ1n) is 6.79. The highest BCUT2D eigenvalue weighted by Crippen LogP contribution is 2.25. The highest BCUT2D eigenvalue weighted by atomic mass is 79.9. The van der Waals surface area contributed by atoms with Gasteiger partial charge in [0.15, 0.2) is 0 Å². The van der Waals surface area contributed by atoms with Gasteiger partial charge in [-0.05, 0) is 48.3 Å². The number of likely N-dealkylation sites (tertiary alicyclic amines) is 1. The average molecular weight is 328 g/mol. The van der Waals surface area contributed by atoms with Crippen molar-refractivity contribution in [2.24, 2.45) is 18.7 Å². The van der Waals surface area contributed by atoms with Crippen LogP contribution in [-0.2, 0) is 20.0 Å². The molecular weight excluding hydrogens is 306 g/mol. The van der Waals surface area contributed by atoms with Gasteiger partial charge >= 0.3 is 0 Å². The molecule has 2 rings (SSSR count). The summed E-state index contributed by atoms with van der Waals surface area (Å²) in [6.45, 7) is 5.04. The van der Waals surface area contributed by atoms with Crippen LogP contribution in [0.5, 0.6) is 0 Å². The Morgan fingerprint density at radius 2 is 2.11 bits per heavy atom. The van der Waals surface area contributed by atoms with E-state index in [0.717, 1.165) is 49.1 Å². The molecule has 1 aromatic heterocycles. The minimum Gasteiger partial charge on any atom is -0.387 e. The largest absolute Gasteiger partial charge is 0.387 e. The van der Waals surface area contributed by atoms with Crippen molar-refractivity contribution in [3.8, 4) is 0 Å². The molecule has 3 N–H and O–H groups in total. The van der Waals surface area contributed by atoms with Crippen molar-refractivity contribution in [2.45, 2.75) is 32.7 Å². The van der Waals surface area contributed by atoms with Gasteiger partial charge in [-0.2, -0.15) is 5.10 Å². The van der Waals surface area contributed by atoms with Crippen molar-refractivity contribution in [2.75, 3.05) is 13.1 Å². The maximum absolute atomic E-state index is 7.51. The number of aromatic nitrogens is 2. The number of aryl methyl sites for hydroxylation is 2. The van der Waals surface area contributed by atoms with Crippen molar-refractivity contribution in [1.29, 1.82) is 5.41 Å². The average Bonchev–Trinajstić information content (AvgIpc) is 2.67. The van der Waals surface area contributed by atoms with Crippen LogP contribution in [0.15, 0.2) is 4.47 Å². The number of rotatable bonds is 4. The van der Waals surface area contributed by atoms with Crippen molar-refractivity contribution >= 4 is 21.8 Å². The lowest BCUT2D eigenvalue weighted by atomic mass is 9.96. The van der Waals surface area contributed by atoms with Gasteiger partial charge in [-0.15, -0.1) is 0 Å². The van der Waals surface area contributed by atoms with Crippen LogP contribution in [0.4, 0.5) is 0 Å². The molecule has 0 bridgehead atoms. The third-order valence-electron chi connectivity index (χ3n) is 3.90. The van der Waals surface area contributed by atoms with E-state index in [4.69, 9.17) is 11.1 Å². The van der Waals surface area contributed by atoms with Gasteiger partial charge in [0.1, 0.15) is 0 Å². The van der Waals surface area contributed by atoms with Crippen LogP contribution in [0.3, 0.4) is 0 Å². The monoisotopic (exact) mass is 327 g/mol. The van der Waals surface area contributed by atoms with Crippen molar-refractivity contribution in [3.05, 3.63) is 15.9 Å². The molecule has 0 atom stereocenters. The summed E-state index contributed by atoms with van der Waals surface area (Å²) in [5.41, 5.74) is 7.93. The fourth-order valence-corrected chi connectivity index (χ4v) is 3.35. The molecule has 0 amide bonds. The SMILES string of the molecule is CCc1nn(C)c(CN2CCC(C(=N)N)CC2)c1Br. The zero-order valence-corrected chi connectivity index (χ0v) is 13.2. The summed E-state index contributed by atoms with van der Waals surface area (Å²) in [7, 11) is 2.00. The molecule has 1 aromatic rings. The van der Waals surface area contributed by atoms with Gasteiger partial charge in [0.05, 0.1) is 21.7 Å². The number of hydrogen-bond acceptors (Lipinski definition) is 3. The van der Waals surface area contributed by atoms with Crippen molar-refractivity contribution in [3.63, 3.8) is 0 Å². The number of nitrogens with two attached hydrogens (primary N) is 1. The summed E-state index contributed by atoms with van der Waals surface area (Å²) in [5.74, 6) is 0.618. The summed E-state index contributed by atoms with van der Waals surface area (Å²) in [6.07, 6.45) is 2.93. The number of hydrogen-bond donors (Lipinski definition) is 2. The van der Waals surface area contributed by atoms with Crippen molar-refractivity contribution < 1.29 is 0 Å². The Bertz CT molecular complexity index is 460. The molecule has 1 saturated heterocycles. The third-order valence-corrected chi connectivity index (χ3v) is 4.82. The zero-order valence-electron chi connectivity index (χ0n) is 11.6. The first kappa shape index (κ1) is 14.5. The Kier molecular flexibility index (Phi) is 4.62. The molecule has 0 aromatic carbocycles. The molecule has 6 heteroatoms.